The van der Waals surface area contributed by atoms with Crippen molar-refractivity contribution in [3.63, 3.8) is 0 Å². The van der Waals surface area contributed by atoms with Gasteiger partial charge in [-0.15, -0.1) is 0 Å². The summed E-state index contributed by atoms with van der Waals surface area (Å²) in [5, 5.41) is 0. The first-order valence-corrected chi connectivity index (χ1v) is 10.3. The smallest absolute Gasteiger partial charge is 0.240 e. The topological polar surface area (TPSA) is 66.5 Å². The second kappa shape index (κ2) is 7.60. The van der Waals surface area contributed by atoms with Gasteiger partial charge >= 0.3 is 0 Å². The second-order valence-electron chi connectivity index (χ2n) is 6.76. The maximum atomic E-state index is 12.6. The molecule has 1 aliphatic rings. The molecule has 1 N–H and O–H groups in total. The summed E-state index contributed by atoms with van der Waals surface area (Å²) in [6.45, 7) is 5.06. The second-order valence-corrected chi connectivity index (χ2v) is 8.52. The number of benzene rings is 2. The van der Waals surface area contributed by atoms with E-state index in [4.69, 9.17) is 0 Å². The molecule has 0 unspecified atom stereocenters. The third-order valence-corrected chi connectivity index (χ3v) is 6.19. The van der Waals surface area contributed by atoms with Crippen LogP contribution in [-0.4, -0.2) is 32.3 Å². The lowest BCUT2D eigenvalue weighted by molar-refractivity contribution is -0.129. The van der Waals surface area contributed by atoms with Gasteiger partial charge in [0.1, 0.15) is 0 Å². The number of amides is 1. The summed E-state index contributed by atoms with van der Waals surface area (Å²) in [6, 6.07) is 13.3. The molecular formula is C20H24N2O3S. The van der Waals surface area contributed by atoms with E-state index >= 15 is 0 Å². The molecule has 2 aromatic carbocycles. The molecule has 0 aliphatic carbocycles. The van der Waals surface area contributed by atoms with Crippen LogP contribution in [0.1, 0.15) is 29.2 Å². The van der Waals surface area contributed by atoms with Crippen molar-refractivity contribution in [2.75, 3.05) is 13.1 Å². The molecular weight excluding hydrogens is 348 g/mol. The van der Waals surface area contributed by atoms with E-state index in [0.29, 0.717) is 26.1 Å². The number of carbonyl (C=O) groups excluding carboxylic acids is 1. The first kappa shape index (κ1) is 18.6. The highest BCUT2D eigenvalue weighted by Crippen LogP contribution is 2.22. The van der Waals surface area contributed by atoms with Gasteiger partial charge in [0.25, 0.3) is 0 Å². The monoisotopic (exact) mass is 372 g/mol. The van der Waals surface area contributed by atoms with Gasteiger partial charge in [0, 0.05) is 26.6 Å². The predicted octanol–water partition coefficient (Wildman–Crippen LogP) is 2.42. The predicted molar refractivity (Wildman–Crippen MR) is 101 cm³/mol. The van der Waals surface area contributed by atoms with Crippen molar-refractivity contribution < 1.29 is 13.2 Å². The van der Waals surface area contributed by atoms with Crippen LogP contribution in [-0.2, 0) is 34.2 Å². The molecule has 6 heteroatoms. The molecule has 0 saturated carbocycles. The van der Waals surface area contributed by atoms with E-state index in [1.807, 2.05) is 31.2 Å². The average molecular weight is 372 g/mol. The minimum atomic E-state index is -3.57. The van der Waals surface area contributed by atoms with Crippen LogP contribution in [0.25, 0.3) is 0 Å². The van der Waals surface area contributed by atoms with E-state index in [9.17, 15) is 13.2 Å². The number of rotatable bonds is 5. The van der Waals surface area contributed by atoms with Gasteiger partial charge in [0.2, 0.25) is 15.9 Å². The van der Waals surface area contributed by atoms with Gasteiger partial charge in [0.15, 0.2) is 0 Å². The summed E-state index contributed by atoms with van der Waals surface area (Å²) in [6.07, 6.45) is 1.40. The Morgan fingerprint density at radius 3 is 2.69 bits per heavy atom. The average Bonchev–Trinajstić information content (AvgIpc) is 2.60. The summed E-state index contributed by atoms with van der Waals surface area (Å²) in [5.41, 5.74) is 4.29. The largest absolute Gasteiger partial charge is 0.338 e. The van der Waals surface area contributed by atoms with Gasteiger partial charge in [-0.2, -0.15) is 0 Å². The van der Waals surface area contributed by atoms with Crippen LogP contribution in [0.2, 0.25) is 0 Å². The van der Waals surface area contributed by atoms with E-state index in [1.54, 1.807) is 24.0 Å². The summed E-state index contributed by atoms with van der Waals surface area (Å²) >= 11 is 0. The van der Waals surface area contributed by atoms with Crippen molar-refractivity contribution in [2.45, 2.75) is 38.1 Å². The van der Waals surface area contributed by atoms with Crippen molar-refractivity contribution in [1.82, 2.24) is 9.62 Å². The highest BCUT2D eigenvalue weighted by molar-refractivity contribution is 7.89. The third kappa shape index (κ3) is 4.31. The Labute approximate surface area is 155 Å². The van der Waals surface area contributed by atoms with Crippen LogP contribution in [0.15, 0.2) is 47.4 Å². The highest BCUT2D eigenvalue weighted by Gasteiger charge is 2.21. The summed E-state index contributed by atoms with van der Waals surface area (Å²) < 4.78 is 27.9. The Bertz CT molecular complexity index is 922. The Balaban J connectivity index is 1.69. The van der Waals surface area contributed by atoms with Crippen LogP contribution in [0, 0.1) is 6.92 Å². The maximum Gasteiger partial charge on any atom is 0.240 e. The minimum Gasteiger partial charge on any atom is -0.338 e. The summed E-state index contributed by atoms with van der Waals surface area (Å²) in [7, 11) is -3.57. The molecule has 0 saturated heterocycles. The fraction of sp³-hybridized carbons (Fsp3) is 0.350. The van der Waals surface area contributed by atoms with Crippen LogP contribution in [0.5, 0.6) is 0 Å². The number of hydrogen-bond acceptors (Lipinski definition) is 3. The maximum absolute atomic E-state index is 12.6. The summed E-state index contributed by atoms with van der Waals surface area (Å²) in [4.78, 5) is 13.6. The van der Waals surface area contributed by atoms with Gasteiger partial charge in [-0.25, -0.2) is 13.1 Å². The quantitative estimate of drug-likeness (QED) is 0.877. The van der Waals surface area contributed by atoms with Crippen LogP contribution < -0.4 is 4.72 Å². The number of fused-ring (bicyclic) bond motifs is 1. The van der Waals surface area contributed by atoms with E-state index in [-0.39, 0.29) is 10.8 Å². The van der Waals surface area contributed by atoms with E-state index in [2.05, 4.69) is 10.8 Å². The minimum absolute atomic E-state index is 0.0141. The molecule has 0 fully saturated rings. The Hall–Kier alpha value is -2.18. The van der Waals surface area contributed by atoms with Gasteiger partial charge in [0.05, 0.1) is 4.90 Å². The Morgan fingerprint density at radius 1 is 1.15 bits per heavy atom. The van der Waals surface area contributed by atoms with Crippen LogP contribution in [0.4, 0.5) is 0 Å². The lowest BCUT2D eigenvalue weighted by Crippen LogP contribution is -2.34. The number of carbonyl (C=O) groups is 1. The zero-order valence-electron chi connectivity index (χ0n) is 15.2. The lowest BCUT2D eigenvalue weighted by atomic mass is 10.00. The highest BCUT2D eigenvalue weighted by atomic mass is 32.2. The zero-order chi connectivity index (χ0) is 18.7. The van der Waals surface area contributed by atoms with E-state index in [0.717, 1.165) is 28.7 Å². The standard InChI is InChI=1S/C20H24N2O3S/c1-15-4-3-5-17(12-15)8-10-21-26(24,25)20-7-6-18-9-11-22(16(2)23)14-19(18)13-20/h3-7,12-13,21H,8-11,14H2,1-2H3. The van der Waals surface area contributed by atoms with Crippen LogP contribution in [0.3, 0.4) is 0 Å². The first-order valence-electron chi connectivity index (χ1n) is 8.78. The number of nitrogens with zero attached hydrogens (tertiary/aromatic N) is 1. The summed E-state index contributed by atoms with van der Waals surface area (Å²) in [5.74, 6) is 0.0141. The third-order valence-electron chi connectivity index (χ3n) is 4.73. The molecule has 3 rings (SSSR count). The molecule has 0 radical (unpaired) electrons. The van der Waals surface area contributed by atoms with Crippen molar-refractivity contribution in [1.29, 1.82) is 0 Å². The van der Waals surface area contributed by atoms with Gasteiger partial charge < -0.3 is 4.90 Å². The first-order chi connectivity index (χ1) is 12.3. The number of sulfonamides is 1. The fourth-order valence-corrected chi connectivity index (χ4v) is 4.33. The molecule has 1 heterocycles. The zero-order valence-corrected chi connectivity index (χ0v) is 16.0. The lowest BCUT2D eigenvalue weighted by Gasteiger charge is -2.28. The van der Waals surface area contributed by atoms with Crippen molar-refractivity contribution in [3.05, 3.63) is 64.7 Å². The molecule has 0 aromatic heterocycles. The van der Waals surface area contributed by atoms with E-state index < -0.39 is 10.0 Å². The number of nitrogens with one attached hydrogen (secondary N) is 1. The molecule has 0 bridgehead atoms. The van der Waals surface area contributed by atoms with Gasteiger partial charge in [-0.3, -0.25) is 4.79 Å². The van der Waals surface area contributed by atoms with Crippen LogP contribution >= 0.6 is 0 Å². The number of aryl methyl sites for hydroxylation is 1. The van der Waals surface area contributed by atoms with Crippen molar-refractivity contribution >= 4 is 15.9 Å². The Morgan fingerprint density at radius 2 is 1.96 bits per heavy atom. The molecule has 2 aromatic rings. The normalized spacial score (nSPS) is 14.2. The fourth-order valence-electron chi connectivity index (χ4n) is 3.25. The van der Waals surface area contributed by atoms with Crippen molar-refractivity contribution in [3.8, 4) is 0 Å². The molecule has 1 amide bonds. The Kier molecular flexibility index (Phi) is 5.44. The molecule has 1 aliphatic heterocycles. The van der Waals surface area contributed by atoms with E-state index in [1.165, 1.54) is 0 Å². The molecule has 138 valence electrons. The SMILES string of the molecule is CC(=O)N1CCc2ccc(S(=O)(=O)NCCc3cccc(C)c3)cc2C1. The van der Waals surface area contributed by atoms with Gasteiger partial charge in [-0.05, 0) is 48.6 Å². The molecule has 26 heavy (non-hydrogen) atoms. The van der Waals surface area contributed by atoms with Crippen molar-refractivity contribution in [2.24, 2.45) is 0 Å². The molecule has 0 atom stereocenters. The molecule has 0 spiro atoms. The number of hydrogen-bond donors (Lipinski definition) is 1. The molecule has 5 nitrogen and oxygen atoms in total. The van der Waals surface area contributed by atoms with Gasteiger partial charge in [-0.1, -0.05) is 35.9 Å².